The molecule has 0 saturated heterocycles. The summed E-state index contributed by atoms with van der Waals surface area (Å²) in [6.45, 7) is 4.87. The number of carbonyl (C=O) groups excluding carboxylic acids is 2. The third-order valence-corrected chi connectivity index (χ3v) is 12.8. The van der Waals surface area contributed by atoms with Gasteiger partial charge in [0, 0.05) is 12.8 Å². The van der Waals surface area contributed by atoms with Crippen molar-refractivity contribution >= 4 is 11.9 Å². The Morgan fingerprint density at radius 1 is 0.452 bits per heavy atom. The third-order valence-electron chi connectivity index (χ3n) is 12.8. The van der Waals surface area contributed by atoms with Gasteiger partial charge in [-0.1, -0.05) is 256 Å². The first-order valence-electron chi connectivity index (χ1n) is 27.6. The highest BCUT2D eigenvalue weighted by molar-refractivity contribution is 5.76. The minimum atomic E-state index is -0.680. The average Bonchev–Trinajstić information content (AvgIpc) is 3.27. The van der Waals surface area contributed by atoms with Crippen LogP contribution < -0.4 is 5.32 Å². The van der Waals surface area contributed by atoms with Gasteiger partial charge < -0.3 is 20.3 Å². The molecule has 0 aliphatic carbocycles. The predicted molar refractivity (Wildman–Crippen MR) is 269 cm³/mol. The molecule has 0 aliphatic heterocycles. The molecule has 2 unspecified atom stereocenters. The van der Waals surface area contributed by atoms with E-state index in [0.29, 0.717) is 25.9 Å². The van der Waals surface area contributed by atoms with Crippen LogP contribution in [0, 0.1) is 0 Å². The van der Waals surface area contributed by atoms with E-state index in [0.717, 1.165) is 70.6 Å². The fraction of sp³-hybridized carbons (Fsp3) is 0.893. The molecule has 0 saturated carbocycles. The Balaban J connectivity index is 3.48. The molecule has 1 amide bonds. The summed E-state index contributed by atoms with van der Waals surface area (Å²) >= 11 is 0. The number of ether oxygens (including phenoxy) is 1. The molecule has 6 nitrogen and oxygen atoms in total. The Labute approximate surface area is 386 Å². The van der Waals surface area contributed by atoms with Gasteiger partial charge >= 0.3 is 5.97 Å². The Kier molecular flexibility index (Phi) is 50.6. The number of rotatable bonds is 51. The van der Waals surface area contributed by atoms with E-state index in [1.807, 2.05) is 0 Å². The Morgan fingerprint density at radius 3 is 1.27 bits per heavy atom. The van der Waals surface area contributed by atoms with Crippen LogP contribution in [0.3, 0.4) is 0 Å². The van der Waals surface area contributed by atoms with Gasteiger partial charge in [0.25, 0.3) is 0 Å². The number of hydrogen-bond donors (Lipinski definition) is 3. The van der Waals surface area contributed by atoms with Crippen molar-refractivity contribution in [1.82, 2.24) is 5.32 Å². The molecule has 0 fully saturated rings. The van der Waals surface area contributed by atoms with Crippen molar-refractivity contribution < 1.29 is 24.5 Å². The molecule has 2 atom stereocenters. The lowest BCUT2D eigenvalue weighted by atomic mass is 10.0. The van der Waals surface area contributed by atoms with Crippen LogP contribution in [-0.2, 0) is 14.3 Å². The SMILES string of the molecule is CCCC/C=C\C/C=C\CCCCCCCC(=O)OCCCCCCCCCCCCC(=O)NC(CO)C(O)CCCCCCCCCCCCCCCCCCCCCCC. The smallest absolute Gasteiger partial charge is 0.305 e. The molecule has 0 aliphatic rings. The Bertz CT molecular complexity index is 966. The minimum Gasteiger partial charge on any atom is -0.466 e. The number of aliphatic hydroxyl groups is 2. The van der Waals surface area contributed by atoms with Crippen molar-refractivity contribution in [2.75, 3.05) is 13.2 Å². The summed E-state index contributed by atoms with van der Waals surface area (Å²) in [5, 5.41) is 23.3. The standard InChI is InChI=1S/C56H107NO5/c1-3-5-7-9-11-13-15-17-19-20-21-22-23-24-25-26-28-32-36-40-44-48-54(59)53(52-58)57-55(60)49-45-41-37-33-30-31-35-39-43-47-51-62-56(61)50-46-42-38-34-29-27-18-16-14-12-10-8-6-4-2/h10,12,16,18,53-54,58-59H,3-9,11,13-15,17,19-52H2,1-2H3,(H,57,60)/b12-10-,18-16-. The zero-order valence-electron chi connectivity index (χ0n) is 41.6. The fourth-order valence-corrected chi connectivity index (χ4v) is 8.48. The maximum atomic E-state index is 12.5. The van der Waals surface area contributed by atoms with E-state index in [9.17, 15) is 19.8 Å². The van der Waals surface area contributed by atoms with Crippen molar-refractivity contribution in [1.29, 1.82) is 0 Å². The van der Waals surface area contributed by atoms with Crippen LogP contribution in [0.2, 0.25) is 0 Å². The van der Waals surface area contributed by atoms with Crippen LogP contribution in [0.25, 0.3) is 0 Å². The van der Waals surface area contributed by atoms with Crippen molar-refractivity contribution in [3.63, 3.8) is 0 Å². The second-order valence-corrected chi connectivity index (χ2v) is 18.9. The summed E-state index contributed by atoms with van der Waals surface area (Å²) in [5.41, 5.74) is 0. The van der Waals surface area contributed by atoms with Crippen LogP contribution in [0.5, 0.6) is 0 Å². The number of unbranched alkanes of at least 4 members (excludes halogenated alkanes) is 36. The largest absolute Gasteiger partial charge is 0.466 e. The van der Waals surface area contributed by atoms with Gasteiger partial charge in [0.15, 0.2) is 0 Å². The maximum Gasteiger partial charge on any atom is 0.305 e. The lowest BCUT2D eigenvalue weighted by Crippen LogP contribution is -2.45. The van der Waals surface area contributed by atoms with E-state index in [-0.39, 0.29) is 18.5 Å². The third kappa shape index (κ3) is 47.8. The number of nitrogens with one attached hydrogen (secondary N) is 1. The molecule has 62 heavy (non-hydrogen) atoms. The van der Waals surface area contributed by atoms with E-state index in [1.54, 1.807) is 0 Å². The van der Waals surface area contributed by atoms with Crippen molar-refractivity contribution in [2.45, 2.75) is 309 Å². The van der Waals surface area contributed by atoms with E-state index >= 15 is 0 Å². The van der Waals surface area contributed by atoms with E-state index in [2.05, 4.69) is 43.5 Å². The Hall–Kier alpha value is -1.66. The van der Waals surface area contributed by atoms with Crippen molar-refractivity contribution in [3.8, 4) is 0 Å². The summed E-state index contributed by atoms with van der Waals surface area (Å²) in [5.74, 6) is -0.0893. The number of amides is 1. The highest BCUT2D eigenvalue weighted by Crippen LogP contribution is 2.17. The lowest BCUT2D eigenvalue weighted by molar-refractivity contribution is -0.143. The lowest BCUT2D eigenvalue weighted by Gasteiger charge is -2.22. The first-order chi connectivity index (χ1) is 30.5. The Morgan fingerprint density at radius 2 is 0.823 bits per heavy atom. The topological polar surface area (TPSA) is 95.9 Å². The van der Waals surface area contributed by atoms with E-state index < -0.39 is 12.1 Å². The first kappa shape index (κ1) is 60.3. The molecule has 0 heterocycles. The van der Waals surface area contributed by atoms with E-state index in [4.69, 9.17) is 4.74 Å². The molecule has 0 bridgehead atoms. The number of aliphatic hydroxyl groups excluding tert-OH is 2. The van der Waals surface area contributed by atoms with Crippen LogP contribution in [0.15, 0.2) is 24.3 Å². The van der Waals surface area contributed by atoms with Gasteiger partial charge in [-0.05, 0) is 51.4 Å². The molecule has 366 valence electrons. The molecular weight excluding hydrogens is 767 g/mol. The summed E-state index contributed by atoms with van der Waals surface area (Å²) in [7, 11) is 0. The highest BCUT2D eigenvalue weighted by atomic mass is 16.5. The second-order valence-electron chi connectivity index (χ2n) is 18.9. The number of carbonyl (C=O) groups is 2. The van der Waals surface area contributed by atoms with Crippen LogP contribution >= 0.6 is 0 Å². The second kappa shape index (κ2) is 52.0. The number of hydrogen-bond acceptors (Lipinski definition) is 5. The molecular formula is C56H107NO5. The normalized spacial score (nSPS) is 12.8. The quantitative estimate of drug-likeness (QED) is 0.0321. The summed E-state index contributed by atoms with van der Waals surface area (Å²) in [4.78, 5) is 24.5. The molecule has 0 aromatic rings. The van der Waals surface area contributed by atoms with Crippen molar-refractivity contribution in [2.24, 2.45) is 0 Å². The minimum absolute atomic E-state index is 0.0327. The summed E-state index contributed by atoms with van der Waals surface area (Å²) in [6, 6.07) is -0.560. The maximum absolute atomic E-state index is 12.5. The first-order valence-corrected chi connectivity index (χ1v) is 27.6. The zero-order valence-corrected chi connectivity index (χ0v) is 41.6. The van der Waals surface area contributed by atoms with Crippen LogP contribution in [0.1, 0.15) is 296 Å². The zero-order chi connectivity index (χ0) is 45.1. The van der Waals surface area contributed by atoms with Crippen LogP contribution in [-0.4, -0.2) is 47.4 Å². The molecule has 0 aromatic heterocycles. The van der Waals surface area contributed by atoms with Gasteiger partial charge in [-0.2, -0.15) is 0 Å². The predicted octanol–water partition coefficient (Wildman–Crippen LogP) is 16.7. The van der Waals surface area contributed by atoms with Gasteiger partial charge in [0.05, 0.1) is 25.4 Å². The molecule has 0 aromatic carbocycles. The average molecular weight is 874 g/mol. The van der Waals surface area contributed by atoms with Gasteiger partial charge in [-0.15, -0.1) is 0 Å². The molecule has 0 rings (SSSR count). The van der Waals surface area contributed by atoms with Gasteiger partial charge in [-0.25, -0.2) is 0 Å². The van der Waals surface area contributed by atoms with Crippen molar-refractivity contribution in [3.05, 3.63) is 24.3 Å². The number of esters is 1. The molecule has 0 spiro atoms. The van der Waals surface area contributed by atoms with E-state index in [1.165, 1.54) is 193 Å². The fourth-order valence-electron chi connectivity index (χ4n) is 8.48. The molecule has 6 heteroatoms. The summed E-state index contributed by atoms with van der Waals surface area (Å²) < 4.78 is 5.45. The molecule has 3 N–H and O–H groups in total. The monoisotopic (exact) mass is 874 g/mol. The summed E-state index contributed by atoms with van der Waals surface area (Å²) in [6.07, 6.45) is 61.5. The highest BCUT2D eigenvalue weighted by Gasteiger charge is 2.20. The van der Waals surface area contributed by atoms with Crippen LogP contribution in [0.4, 0.5) is 0 Å². The van der Waals surface area contributed by atoms with Gasteiger partial charge in [0.2, 0.25) is 5.91 Å². The van der Waals surface area contributed by atoms with Gasteiger partial charge in [0.1, 0.15) is 0 Å². The van der Waals surface area contributed by atoms with Gasteiger partial charge in [-0.3, -0.25) is 9.59 Å². The number of allylic oxidation sites excluding steroid dienone is 4. The molecule has 0 radical (unpaired) electrons.